The molecule has 21 heavy (non-hydrogen) atoms. The molecule has 0 aliphatic heterocycles. The highest BCUT2D eigenvalue weighted by molar-refractivity contribution is 6.32. The van der Waals surface area contributed by atoms with Crippen LogP contribution in [-0.2, 0) is 6.18 Å². The first-order valence-corrected chi connectivity index (χ1v) is 6.13. The molecule has 0 aliphatic rings. The second kappa shape index (κ2) is 5.74. The number of nitrogen functional groups attached to an aromatic ring is 1. The minimum absolute atomic E-state index is 0.0894. The fourth-order valence-corrected chi connectivity index (χ4v) is 1.72. The smallest absolute Gasteiger partial charge is 0.339 e. The summed E-state index contributed by atoms with van der Waals surface area (Å²) in [6.07, 6.45) is -3.14. The molecule has 4 N–H and O–H groups in total. The van der Waals surface area contributed by atoms with Crippen LogP contribution in [0.3, 0.4) is 0 Å². The molecule has 2 rings (SSSR count). The van der Waals surface area contributed by atoms with E-state index in [2.05, 4.69) is 20.7 Å². The molecule has 0 amide bonds. The lowest BCUT2D eigenvalue weighted by molar-refractivity contribution is -0.137. The zero-order valence-electron chi connectivity index (χ0n) is 10.8. The lowest BCUT2D eigenvalue weighted by Crippen LogP contribution is -2.11. The molecule has 1 aromatic heterocycles. The first-order valence-electron chi connectivity index (χ1n) is 5.75. The fourth-order valence-electron chi connectivity index (χ4n) is 1.58. The average molecular weight is 318 g/mol. The zero-order valence-corrected chi connectivity index (χ0v) is 11.5. The highest BCUT2D eigenvalue weighted by Gasteiger charge is 2.30. The van der Waals surface area contributed by atoms with Gasteiger partial charge in [-0.2, -0.15) is 18.2 Å². The number of hydrazine groups is 1. The number of nitrogens with one attached hydrogen (secondary N) is 2. The minimum atomic E-state index is -4.43. The van der Waals surface area contributed by atoms with E-state index in [0.717, 1.165) is 12.1 Å². The van der Waals surface area contributed by atoms with Crippen LogP contribution < -0.4 is 16.6 Å². The van der Waals surface area contributed by atoms with Crippen LogP contribution in [0.25, 0.3) is 0 Å². The molecule has 0 fully saturated rings. The van der Waals surface area contributed by atoms with Crippen molar-refractivity contribution in [3.8, 4) is 0 Å². The van der Waals surface area contributed by atoms with Crippen molar-refractivity contribution < 1.29 is 13.2 Å². The van der Waals surface area contributed by atoms with E-state index in [1.807, 2.05) is 0 Å². The predicted molar refractivity (Wildman–Crippen MR) is 74.3 cm³/mol. The van der Waals surface area contributed by atoms with Gasteiger partial charge in [0.25, 0.3) is 0 Å². The van der Waals surface area contributed by atoms with E-state index in [-0.39, 0.29) is 22.5 Å². The third-order valence-corrected chi connectivity index (χ3v) is 2.97. The monoisotopic (exact) mass is 317 g/mol. The molecule has 0 unspecified atom stereocenters. The number of benzene rings is 1. The average Bonchev–Trinajstić information content (AvgIpc) is 2.42. The number of aryl methyl sites for hydroxylation is 1. The van der Waals surface area contributed by atoms with Crippen LogP contribution in [0.15, 0.2) is 24.4 Å². The Hall–Kier alpha value is -2.06. The maximum atomic E-state index is 12.7. The third-order valence-electron chi connectivity index (χ3n) is 2.69. The van der Waals surface area contributed by atoms with Crippen LogP contribution in [0.1, 0.15) is 11.1 Å². The molecule has 0 saturated heterocycles. The summed E-state index contributed by atoms with van der Waals surface area (Å²) in [7, 11) is 0. The molecule has 2 aromatic rings. The Morgan fingerprint density at radius 1 is 1.29 bits per heavy atom. The number of hydrogen-bond donors (Lipinski definition) is 3. The van der Waals surface area contributed by atoms with Gasteiger partial charge in [-0.15, -0.1) is 0 Å². The fraction of sp³-hybridized carbons (Fsp3) is 0.167. The Bertz CT molecular complexity index is 660. The molecule has 1 aromatic carbocycles. The van der Waals surface area contributed by atoms with E-state index in [1.54, 1.807) is 6.92 Å². The van der Waals surface area contributed by atoms with E-state index < -0.39 is 11.7 Å². The maximum Gasteiger partial charge on any atom is 0.416 e. The number of alkyl halides is 3. The van der Waals surface area contributed by atoms with Gasteiger partial charge in [0.2, 0.25) is 5.95 Å². The van der Waals surface area contributed by atoms with Crippen LogP contribution >= 0.6 is 11.6 Å². The highest BCUT2D eigenvalue weighted by Crippen LogP contribution is 2.33. The van der Waals surface area contributed by atoms with Gasteiger partial charge in [-0.1, -0.05) is 17.7 Å². The molecule has 5 nitrogen and oxygen atoms in total. The summed E-state index contributed by atoms with van der Waals surface area (Å²) in [5.41, 5.74) is 2.32. The van der Waals surface area contributed by atoms with Gasteiger partial charge in [-0.25, -0.2) is 10.8 Å². The summed E-state index contributed by atoms with van der Waals surface area (Å²) in [5.74, 6) is 5.42. The summed E-state index contributed by atoms with van der Waals surface area (Å²) in [5, 5.41) is 2.91. The van der Waals surface area contributed by atoms with Gasteiger partial charge in [0.1, 0.15) is 5.02 Å². The molecule has 0 saturated carbocycles. The standard InChI is InChI=1S/C12H11ClF3N5/c1-6-2-3-7(12(14,15)16)4-9(6)19-10-8(13)5-18-11(20-10)21-17/h2-5H,17H2,1H3,(H2,18,19,20,21). The minimum Gasteiger partial charge on any atom is -0.339 e. The second-order valence-corrected chi connectivity index (χ2v) is 4.59. The van der Waals surface area contributed by atoms with Crippen molar-refractivity contribution in [3.05, 3.63) is 40.5 Å². The van der Waals surface area contributed by atoms with Crippen molar-refractivity contribution in [1.82, 2.24) is 9.97 Å². The summed E-state index contributed by atoms with van der Waals surface area (Å²) in [6.45, 7) is 1.67. The third kappa shape index (κ3) is 3.53. The zero-order chi connectivity index (χ0) is 15.6. The summed E-state index contributed by atoms with van der Waals surface area (Å²) >= 11 is 5.91. The Labute approximate surface area is 123 Å². The van der Waals surface area contributed by atoms with Gasteiger partial charge >= 0.3 is 6.18 Å². The summed E-state index contributed by atoms with van der Waals surface area (Å²) < 4.78 is 38.2. The van der Waals surface area contributed by atoms with Gasteiger partial charge in [0, 0.05) is 5.69 Å². The van der Waals surface area contributed by atoms with Crippen LogP contribution in [0.5, 0.6) is 0 Å². The predicted octanol–water partition coefficient (Wildman–Crippen LogP) is 3.49. The molecule has 9 heteroatoms. The Morgan fingerprint density at radius 3 is 2.62 bits per heavy atom. The largest absolute Gasteiger partial charge is 0.416 e. The summed E-state index contributed by atoms with van der Waals surface area (Å²) in [6, 6.07) is 3.36. The molecule has 112 valence electrons. The van der Waals surface area contributed by atoms with Gasteiger partial charge in [0.05, 0.1) is 11.8 Å². The van der Waals surface area contributed by atoms with Gasteiger partial charge in [-0.3, -0.25) is 5.43 Å². The van der Waals surface area contributed by atoms with Crippen molar-refractivity contribution in [2.45, 2.75) is 13.1 Å². The van der Waals surface area contributed by atoms with Crippen molar-refractivity contribution in [1.29, 1.82) is 0 Å². The number of anilines is 3. The Morgan fingerprint density at radius 2 is 2.00 bits per heavy atom. The molecule has 0 spiro atoms. The van der Waals surface area contributed by atoms with Crippen LogP contribution in [0, 0.1) is 6.92 Å². The maximum absolute atomic E-state index is 12.7. The molecule has 0 bridgehead atoms. The molecular formula is C12H11ClF3N5. The Balaban J connectivity index is 2.39. The number of aromatic nitrogens is 2. The van der Waals surface area contributed by atoms with E-state index >= 15 is 0 Å². The van der Waals surface area contributed by atoms with E-state index in [1.165, 1.54) is 12.3 Å². The van der Waals surface area contributed by atoms with Crippen LogP contribution in [-0.4, -0.2) is 9.97 Å². The summed E-state index contributed by atoms with van der Waals surface area (Å²) in [4.78, 5) is 7.73. The highest BCUT2D eigenvalue weighted by atomic mass is 35.5. The number of rotatable bonds is 3. The van der Waals surface area contributed by atoms with E-state index in [9.17, 15) is 13.2 Å². The van der Waals surface area contributed by atoms with Gasteiger partial charge < -0.3 is 5.32 Å². The lowest BCUT2D eigenvalue weighted by atomic mass is 10.1. The first-order chi connectivity index (χ1) is 9.81. The normalized spacial score (nSPS) is 11.3. The quantitative estimate of drug-likeness (QED) is 0.597. The second-order valence-electron chi connectivity index (χ2n) is 4.19. The molecule has 0 aliphatic carbocycles. The number of nitrogens with zero attached hydrogens (tertiary/aromatic N) is 2. The number of nitrogens with two attached hydrogens (primary N) is 1. The first kappa shape index (κ1) is 15.3. The van der Waals surface area contributed by atoms with Crippen molar-refractivity contribution in [2.24, 2.45) is 5.84 Å². The van der Waals surface area contributed by atoms with E-state index in [4.69, 9.17) is 17.4 Å². The lowest BCUT2D eigenvalue weighted by Gasteiger charge is -2.14. The molecule has 1 heterocycles. The SMILES string of the molecule is Cc1ccc(C(F)(F)F)cc1Nc1nc(NN)ncc1Cl. The van der Waals surface area contributed by atoms with Gasteiger partial charge in [-0.05, 0) is 24.6 Å². The Kier molecular flexibility index (Phi) is 4.19. The molecular weight excluding hydrogens is 307 g/mol. The van der Waals surface area contributed by atoms with Crippen molar-refractivity contribution >= 4 is 29.1 Å². The van der Waals surface area contributed by atoms with Crippen LogP contribution in [0.2, 0.25) is 5.02 Å². The van der Waals surface area contributed by atoms with Crippen LogP contribution in [0.4, 0.5) is 30.6 Å². The topological polar surface area (TPSA) is 75.9 Å². The molecule has 0 atom stereocenters. The van der Waals surface area contributed by atoms with Crippen molar-refractivity contribution in [2.75, 3.05) is 10.7 Å². The number of halogens is 4. The van der Waals surface area contributed by atoms with Crippen molar-refractivity contribution in [3.63, 3.8) is 0 Å². The van der Waals surface area contributed by atoms with E-state index in [0.29, 0.717) is 5.56 Å². The molecule has 0 radical (unpaired) electrons. The number of hydrogen-bond acceptors (Lipinski definition) is 5. The van der Waals surface area contributed by atoms with Gasteiger partial charge in [0.15, 0.2) is 5.82 Å².